The highest BCUT2D eigenvalue weighted by Crippen LogP contribution is 2.34. The topological polar surface area (TPSA) is 183 Å². The van der Waals surface area contributed by atoms with Gasteiger partial charge in [0.25, 0.3) is 0 Å². The van der Waals surface area contributed by atoms with Gasteiger partial charge in [-0.2, -0.15) is 0 Å². The van der Waals surface area contributed by atoms with Crippen LogP contribution in [0.25, 0.3) is 0 Å². The summed E-state index contributed by atoms with van der Waals surface area (Å²) in [6, 6.07) is 92.1. The molecule has 1 atom stereocenters. The number of aromatic amines is 1. The second kappa shape index (κ2) is 45.2. The molecule has 7 aliphatic rings. The lowest BCUT2D eigenvalue weighted by Gasteiger charge is -2.11. The van der Waals surface area contributed by atoms with E-state index in [0.717, 1.165) is 101 Å². The second-order valence-electron chi connectivity index (χ2n) is 31.4. The van der Waals surface area contributed by atoms with E-state index in [9.17, 15) is 22.7 Å². The van der Waals surface area contributed by atoms with Gasteiger partial charge >= 0.3 is 48.4 Å². The summed E-state index contributed by atoms with van der Waals surface area (Å²) in [6.45, 7) is 16.1. The predicted octanol–water partition coefficient (Wildman–Crippen LogP) is 15.4. The van der Waals surface area contributed by atoms with Gasteiger partial charge in [0.2, 0.25) is 9.84 Å². The molecule has 3 N–H and O–H groups in total. The molecule has 21 rings (SSSR count). The highest BCUT2D eigenvalue weighted by atomic mass is 35.5. The van der Waals surface area contributed by atoms with Crippen LogP contribution in [-0.4, -0.2) is 76.1 Å². The number of hydrogen-bond acceptors (Lipinski definition) is 16. The summed E-state index contributed by atoms with van der Waals surface area (Å²) in [5.41, 5.74) is 19.1. The monoisotopic (exact) mass is 1860 g/mol. The van der Waals surface area contributed by atoms with Gasteiger partial charge in [0.15, 0.2) is 12.4 Å². The number of H-pyrrole nitrogens is 1. The van der Waals surface area contributed by atoms with E-state index in [-0.39, 0.29) is 70.6 Å². The first-order chi connectivity index (χ1) is 61.6. The van der Waals surface area contributed by atoms with Gasteiger partial charge < -0.3 is 55.2 Å². The lowest BCUT2D eigenvalue weighted by molar-refractivity contribution is -0.378. The number of aryl methyl sites for hydroxylation is 3. The van der Waals surface area contributed by atoms with Crippen LogP contribution in [0.15, 0.2) is 353 Å². The summed E-state index contributed by atoms with van der Waals surface area (Å²) in [7, 11) is -4.69. The first-order valence-corrected chi connectivity index (χ1v) is 48.4. The van der Waals surface area contributed by atoms with E-state index in [0.29, 0.717) is 43.1 Å². The molecule has 12 aromatic carbocycles. The van der Waals surface area contributed by atoms with Gasteiger partial charge in [-0.05, 0) is 262 Å². The highest BCUT2D eigenvalue weighted by molar-refractivity contribution is 8.00. The largest absolute Gasteiger partial charge is 1.00 e. The lowest BCUT2D eigenvalue weighted by Crippen LogP contribution is -3.00. The number of nitrogens with one attached hydrogen (secondary N) is 1. The van der Waals surface area contributed by atoms with Crippen molar-refractivity contribution in [2.75, 3.05) is 0 Å². The molecule has 0 radical (unpaired) electrons. The average Bonchev–Trinajstić information content (AvgIpc) is 1.40. The van der Waals surface area contributed by atoms with Crippen molar-refractivity contribution in [2.45, 2.75) is 155 Å². The zero-order valence-corrected chi connectivity index (χ0v) is 78.6. The molecule has 0 amide bonds. The summed E-state index contributed by atoms with van der Waals surface area (Å²) in [4.78, 5) is 15.4. The van der Waals surface area contributed by atoms with E-state index in [4.69, 9.17) is 67.5 Å². The fraction of sp³-hybridized carbons (Fsp3) is 0.163. The Labute approximate surface area is 789 Å². The fourth-order valence-corrected chi connectivity index (χ4v) is 20.8. The molecule has 0 bridgehead atoms. The summed E-state index contributed by atoms with van der Waals surface area (Å²) in [6.07, 6.45) is 9.35. The van der Waals surface area contributed by atoms with Crippen molar-refractivity contribution in [3.05, 3.63) is 369 Å². The van der Waals surface area contributed by atoms with Crippen LogP contribution >= 0.6 is 70.1 Å². The first kappa shape index (κ1) is 95.1. The minimum Gasteiger partial charge on any atom is -1.00 e. The molecule has 0 saturated carbocycles. The van der Waals surface area contributed by atoms with E-state index in [1.165, 1.54) is 92.6 Å². The van der Waals surface area contributed by atoms with Crippen LogP contribution in [-0.2, 0) is 96.4 Å². The molecule has 0 fully saturated rings. The van der Waals surface area contributed by atoms with Gasteiger partial charge in [-0.25, -0.2) is 22.6 Å². The molecule has 9 heterocycles. The molecule has 2 aromatic heterocycles. The molecule has 644 valence electrons. The maximum absolute atomic E-state index is 12.6. The number of hydrogen-bond donors (Lipinski definition) is 2. The van der Waals surface area contributed by atoms with Gasteiger partial charge in [-0.3, -0.25) is 0 Å². The number of rotatable bonds is 15. The van der Waals surface area contributed by atoms with Crippen molar-refractivity contribution >= 4 is 177 Å². The summed E-state index contributed by atoms with van der Waals surface area (Å²) in [5.74, 6) is 2.68. The summed E-state index contributed by atoms with van der Waals surface area (Å²) >= 11 is 22.6. The van der Waals surface area contributed by atoms with Gasteiger partial charge in [0, 0.05) is 67.7 Å². The number of aromatic nitrogens is 2. The zero-order valence-electron chi connectivity index (χ0n) is 71.5. The summed E-state index contributed by atoms with van der Waals surface area (Å²) in [5, 5.41) is 22.6. The van der Waals surface area contributed by atoms with Crippen molar-refractivity contribution in [1.82, 2.24) is 4.98 Å². The van der Waals surface area contributed by atoms with Gasteiger partial charge in [0.05, 0.1) is 53.6 Å². The Morgan fingerprint density at radius 3 is 1.45 bits per heavy atom. The van der Waals surface area contributed by atoms with E-state index in [1.54, 1.807) is 90.0 Å². The molecule has 0 spiro atoms. The van der Waals surface area contributed by atoms with Crippen molar-refractivity contribution in [3.8, 4) is 17.2 Å². The van der Waals surface area contributed by atoms with Crippen LogP contribution in [0.3, 0.4) is 0 Å². The molecular formula is C98H91B7Cl4N2O12S5. The third-order valence-corrected chi connectivity index (χ3v) is 29.4. The Bertz CT molecular complexity index is 6070. The molecule has 0 saturated heterocycles. The van der Waals surface area contributed by atoms with Crippen LogP contribution in [0, 0.1) is 6.92 Å². The number of pyridine rings is 2. The molecule has 14 nitrogen and oxygen atoms in total. The number of ether oxygens (including phenoxy) is 2. The molecule has 1 unspecified atom stereocenters. The molecule has 7 aliphatic heterocycles. The third kappa shape index (κ3) is 25.0. The molecule has 14 aromatic rings. The van der Waals surface area contributed by atoms with Crippen LogP contribution in [0.1, 0.15) is 50.1 Å². The van der Waals surface area contributed by atoms with Crippen molar-refractivity contribution in [1.29, 1.82) is 0 Å². The highest BCUT2D eigenvalue weighted by Gasteiger charge is 2.32. The van der Waals surface area contributed by atoms with E-state index in [1.807, 2.05) is 153 Å². The van der Waals surface area contributed by atoms with Crippen LogP contribution in [0.5, 0.6) is 17.2 Å². The minimum atomic E-state index is -3.51. The normalized spacial score (nSPS) is 13.9. The van der Waals surface area contributed by atoms with E-state index < -0.39 is 20.6 Å². The van der Waals surface area contributed by atoms with Gasteiger partial charge in [-0.15, -0.1) is 0 Å². The smallest absolute Gasteiger partial charge is 0.327 e. The first-order valence-electron chi connectivity index (χ1n) is 42.2. The standard InChI is InChI=1S/2C15H15BO2.C14H12BClO3S.C14H12BClO2S.C14H12BClOS.2C13H12BNOS.ClH/c1-11-3-6-13(7-4-11)18-14-8-5-12-10-17-16(2)15(12)9-14;1-16-15-13(11-18-16)8-5-9-14(15)17-10-12-6-3-2-4-7-12;1-15-14-8-13(5-2-10(14)9-19-15)20(17,18)12-6-3-11(16)4-7-12;1-15-14-8-13(5-2-10(14)9-18-15)19(17)12-6-3-11(16)4-7-12;1-15-14-8-13(5-2-10(14)9-17-15)18-12-6-3-11(16)4-7-12;16-14-6-3-10-1-2-12(9-13(10)14)17-11-4-7-15-8-5-11;16-14-7-6-10-4-5-11(9-12(10)14)17-13-3-1-2-8-15-13;/h3-9H,10H2,1-2H3;2-9H,10-11H2,1H3;2-8H,9H2,1H3;2-8H,9H2,1H3;2-8H,9H2,1H3;1-2,4-5,7-9,16H,3,6H2;1-5,8-9,16H,6-7H2;1H. The molecule has 128 heavy (non-hydrogen) atoms. The number of benzene rings is 12. The van der Waals surface area contributed by atoms with Crippen LogP contribution < -0.4 is 65.1 Å². The Balaban J connectivity index is 0.000000121. The van der Waals surface area contributed by atoms with Crippen LogP contribution in [0.2, 0.25) is 61.8 Å². The minimum absolute atomic E-state index is 0. The Morgan fingerprint density at radius 1 is 0.422 bits per heavy atom. The molecule has 30 heteroatoms. The van der Waals surface area contributed by atoms with Gasteiger partial charge in [-0.1, -0.05) is 236 Å². The fourth-order valence-electron chi connectivity index (χ4n) is 15.5. The van der Waals surface area contributed by atoms with Crippen molar-refractivity contribution in [3.63, 3.8) is 0 Å². The number of halogens is 4. The maximum Gasteiger partial charge on any atom is 0.327 e. The predicted molar refractivity (Wildman–Crippen MR) is 524 cm³/mol. The molecule has 0 aliphatic carbocycles. The number of nitrogens with zero attached hydrogens (tertiary/aromatic N) is 1. The SMILES string of the molecule is CB1OCc2ccc(Oc3ccc(C)cc3)cc21.CB1OCc2ccc(S(=O)(=O)c3ccc(Cl)cc3)cc21.CB1OCc2ccc(S(=O)c3ccc(Cl)cc3)cc21.CB1OCc2ccc(Sc3ccc(Cl)cc3)cc21.CB1OCc2cccc(OCc3ccccc3)c21.OB1CCc2ccc(Sc3cc[nH+]cc3)cc21.OB1CCc2ccc(Sc3ccccn3)cc21.[Cl-]. The van der Waals surface area contributed by atoms with E-state index in [2.05, 4.69) is 134 Å². The van der Waals surface area contributed by atoms with Crippen LogP contribution in [0.4, 0.5) is 0 Å². The quantitative estimate of drug-likeness (QED) is 0.0923. The lowest BCUT2D eigenvalue weighted by atomic mass is 9.63. The zero-order chi connectivity index (χ0) is 88.5. The number of sulfone groups is 1. The van der Waals surface area contributed by atoms with Crippen molar-refractivity contribution < 1.29 is 72.8 Å². The Morgan fingerprint density at radius 2 is 0.867 bits per heavy atom. The summed E-state index contributed by atoms with van der Waals surface area (Å²) < 4.78 is 77.3. The van der Waals surface area contributed by atoms with Gasteiger partial charge in [0.1, 0.15) is 28.9 Å². The Kier molecular flexibility index (Phi) is 33.6. The van der Waals surface area contributed by atoms with E-state index >= 15 is 0 Å². The molecular weight excluding hydrogens is 1770 g/mol. The second-order valence-corrected chi connectivity index (χ2v) is 39.5. The Hall–Kier alpha value is -8.98. The number of fused-ring (bicyclic) bond motifs is 7. The van der Waals surface area contributed by atoms with Crippen molar-refractivity contribution in [2.24, 2.45) is 0 Å². The third-order valence-electron chi connectivity index (χ3n) is 22.6. The maximum atomic E-state index is 12.6. The average molecular weight is 1870 g/mol.